The number of nitrogens with zero attached hydrogens (tertiary/aromatic N) is 1. The van der Waals surface area contributed by atoms with Gasteiger partial charge in [-0.3, -0.25) is 4.90 Å². The van der Waals surface area contributed by atoms with Crippen molar-refractivity contribution in [2.24, 2.45) is 5.92 Å². The molecule has 8 heteroatoms. The highest BCUT2D eigenvalue weighted by molar-refractivity contribution is 6.34. The highest BCUT2D eigenvalue weighted by Crippen LogP contribution is 2.45. The second-order valence-electron chi connectivity index (χ2n) is 10.3. The molecule has 0 aromatic heterocycles. The Morgan fingerprint density at radius 3 is 2.25 bits per heavy atom. The molecule has 0 bridgehead atoms. The van der Waals surface area contributed by atoms with Gasteiger partial charge in [-0.15, -0.1) is 0 Å². The van der Waals surface area contributed by atoms with E-state index >= 15 is 0 Å². The maximum Gasteiger partial charge on any atom is 0.340 e. The number of carbonyl (C=O) groups excluding carboxylic acids is 1. The molecule has 1 saturated heterocycles. The number of piperidine rings is 1. The summed E-state index contributed by atoms with van der Waals surface area (Å²) in [6.07, 6.45) is 3.91. The predicted octanol–water partition coefficient (Wildman–Crippen LogP) is 7.05. The van der Waals surface area contributed by atoms with E-state index in [4.69, 9.17) is 37.4 Å². The molecule has 2 aromatic carbocycles. The molecule has 5 nitrogen and oxygen atoms in total. The number of esters is 1. The molecule has 2 aliphatic rings. The molecule has 1 unspecified atom stereocenters. The molecule has 4 rings (SSSR count). The van der Waals surface area contributed by atoms with E-state index in [0.29, 0.717) is 34.2 Å². The van der Waals surface area contributed by atoms with Gasteiger partial charge in [-0.2, -0.15) is 0 Å². The molecule has 1 aliphatic carbocycles. The maximum absolute atomic E-state index is 14.6. The van der Waals surface area contributed by atoms with Crippen LogP contribution in [0, 0.1) is 11.7 Å². The predicted molar refractivity (Wildman–Crippen MR) is 140 cm³/mol. The van der Waals surface area contributed by atoms with Crippen LogP contribution in [-0.2, 0) is 9.47 Å². The Balaban J connectivity index is 1.44. The van der Waals surface area contributed by atoms with Crippen LogP contribution in [0.3, 0.4) is 0 Å². The van der Waals surface area contributed by atoms with Crippen LogP contribution in [-0.4, -0.2) is 50.4 Å². The zero-order valence-electron chi connectivity index (χ0n) is 21.3. The highest BCUT2D eigenvalue weighted by atomic mass is 35.5. The average molecular weight is 538 g/mol. The van der Waals surface area contributed by atoms with Gasteiger partial charge in [0, 0.05) is 23.2 Å². The highest BCUT2D eigenvalue weighted by Gasteiger charge is 2.38. The molecule has 1 heterocycles. The number of methoxy groups -OCH3 is 2. The quantitative estimate of drug-likeness (QED) is 0.320. The Hall–Kier alpha value is -1.86. The number of rotatable bonds is 9. The van der Waals surface area contributed by atoms with E-state index in [0.717, 1.165) is 49.9 Å². The van der Waals surface area contributed by atoms with Crippen molar-refractivity contribution in [3.63, 3.8) is 0 Å². The maximum atomic E-state index is 14.6. The summed E-state index contributed by atoms with van der Waals surface area (Å²) in [5.74, 6) is -0.0842. The van der Waals surface area contributed by atoms with Gasteiger partial charge in [0.1, 0.15) is 11.6 Å². The molecular formula is C28H34Cl2FNO4. The van der Waals surface area contributed by atoms with Crippen molar-refractivity contribution in [3.05, 3.63) is 62.9 Å². The molecule has 36 heavy (non-hydrogen) atoms. The first-order valence-corrected chi connectivity index (χ1v) is 13.2. The first kappa shape index (κ1) is 27.2. The third kappa shape index (κ3) is 6.16. The molecule has 0 N–H and O–H groups in total. The number of hydrogen-bond donors (Lipinski definition) is 0. The van der Waals surface area contributed by atoms with E-state index < -0.39 is 17.4 Å². The minimum Gasteiger partial charge on any atom is -0.493 e. The summed E-state index contributed by atoms with van der Waals surface area (Å²) in [6, 6.07) is 8.59. The SMILES string of the molecule is COC(=O)c1cc(C2CC2)c(OCC2CCN(C(c3cc(Cl)cc(Cl)c3)C(C)(C)OC)CC2)cc1F. The van der Waals surface area contributed by atoms with E-state index in [9.17, 15) is 9.18 Å². The van der Waals surface area contributed by atoms with Gasteiger partial charge in [-0.05, 0) is 99.8 Å². The van der Waals surface area contributed by atoms with Crippen LogP contribution in [0.1, 0.15) is 73.0 Å². The van der Waals surface area contributed by atoms with Crippen molar-refractivity contribution in [1.82, 2.24) is 4.90 Å². The van der Waals surface area contributed by atoms with E-state index in [2.05, 4.69) is 18.7 Å². The van der Waals surface area contributed by atoms with E-state index in [1.54, 1.807) is 19.2 Å². The smallest absolute Gasteiger partial charge is 0.340 e. The molecule has 0 spiro atoms. The fourth-order valence-corrected chi connectivity index (χ4v) is 5.70. The Morgan fingerprint density at radius 1 is 1.06 bits per heavy atom. The summed E-state index contributed by atoms with van der Waals surface area (Å²) in [5.41, 5.74) is 1.45. The van der Waals surface area contributed by atoms with Crippen LogP contribution in [0.15, 0.2) is 30.3 Å². The lowest BCUT2D eigenvalue weighted by Gasteiger charge is -2.44. The monoisotopic (exact) mass is 537 g/mol. The standard InChI is InChI=1S/C28H34Cl2FNO4/c1-28(2,35-4)26(19-11-20(29)13-21(30)12-19)32-9-7-17(8-10-32)16-36-25-15-24(31)23(27(33)34-3)14-22(25)18-5-6-18/h11-15,17-18,26H,5-10,16H2,1-4H3. The van der Waals surface area contributed by atoms with Crippen LogP contribution in [0.2, 0.25) is 10.0 Å². The van der Waals surface area contributed by atoms with Gasteiger partial charge in [-0.1, -0.05) is 23.2 Å². The average Bonchev–Trinajstić information content (AvgIpc) is 3.68. The van der Waals surface area contributed by atoms with Gasteiger partial charge in [0.25, 0.3) is 0 Å². The van der Waals surface area contributed by atoms with Crippen molar-refractivity contribution in [3.8, 4) is 5.75 Å². The largest absolute Gasteiger partial charge is 0.493 e. The van der Waals surface area contributed by atoms with Gasteiger partial charge in [0.2, 0.25) is 0 Å². The molecular weight excluding hydrogens is 504 g/mol. The summed E-state index contributed by atoms with van der Waals surface area (Å²) in [5, 5.41) is 1.21. The molecule has 1 atom stereocenters. The first-order valence-electron chi connectivity index (χ1n) is 12.4. The summed E-state index contributed by atoms with van der Waals surface area (Å²) in [4.78, 5) is 14.4. The van der Waals surface area contributed by atoms with E-state index in [1.807, 2.05) is 12.1 Å². The Kier molecular flexibility index (Phi) is 8.50. The van der Waals surface area contributed by atoms with Crippen molar-refractivity contribution in [2.75, 3.05) is 33.9 Å². The number of hydrogen-bond acceptors (Lipinski definition) is 5. The topological polar surface area (TPSA) is 48.0 Å². The van der Waals surface area contributed by atoms with Gasteiger partial charge in [0.05, 0.1) is 30.9 Å². The molecule has 0 amide bonds. The van der Waals surface area contributed by atoms with Crippen molar-refractivity contribution < 1.29 is 23.4 Å². The molecule has 2 aromatic rings. The minimum absolute atomic E-state index is 0.0120. The Morgan fingerprint density at radius 2 is 1.69 bits per heavy atom. The van der Waals surface area contributed by atoms with E-state index in [-0.39, 0.29) is 11.6 Å². The minimum atomic E-state index is -0.664. The molecule has 196 valence electrons. The zero-order chi connectivity index (χ0) is 26.0. The van der Waals surface area contributed by atoms with Gasteiger partial charge < -0.3 is 14.2 Å². The number of benzene rings is 2. The molecule has 1 saturated carbocycles. The van der Waals surface area contributed by atoms with Crippen LogP contribution in [0.25, 0.3) is 0 Å². The summed E-state index contributed by atoms with van der Waals surface area (Å²) >= 11 is 12.6. The van der Waals surface area contributed by atoms with Crippen LogP contribution in [0.4, 0.5) is 4.39 Å². The lowest BCUT2D eigenvalue weighted by atomic mass is 9.87. The Labute approximate surface area is 222 Å². The summed E-state index contributed by atoms with van der Waals surface area (Å²) < 4.78 is 31.4. The summed E-state index contributed by atoms with van der Waals surface area (Å²) in [6.45, 7) is 6.38. The van der Waals surface area contributed by atoms with Gasteiger partial charge in [-0.25, -0.2) is 9.18 Å². The van der Waals surface area contributed by atoms with Crippen LogP contribution in [0.5, 0.6) is 5.75 Å². The van der Waals surface area contributed by atoms with E-state index in [1.165, 1.54) is 13.2 Å². The fraction of sp³-hybridized carbons (Fsp3) is 0.536. The third-order valence-electron chi connectivity index (χ3n) is 7.40. The van der Waals surface area contributed by atoms with Gasteiger partial charge >= 0.3 is 5.97 Å². The molecule has 2 fully saturated rings. The zero-order valence-corrected chi connectivity index (χ0v) is 22.8. The first-order chi connectivity index (χ1) is 17.1. The van der Waals surface area contributed by atoms with Crippen LogP contribution < -0.4 is 4.74 Å². The second-order valence-corrected chi connectivity index (χ2v) is 11.2. The Bertz CT molecular complexity index is 1080. The lowest BCUT2D eigenvalue weighted by Crippen LogP contribution is -2.47. The van der Waals surface area contributed by atoms with Crippen molar-refractivity contribution >= 4 is 29.2 Å². The third-order valence-corrected chi connectivity index (χ3v) is 7.83. The lowest BCUT2D eigenvalue weighted by molar-refractivity contribution is -0.0644. The number of halogens is 3. The number of ether oxygens (including phenoxy) is 3. The normalized spacial score (nSPS) is 18.2. The van der Waals surface area contributed by atoms with Crippen LogP contribution >= 0.6 is 23.2 Å². The molecule has 0 radical (unpaired) electrons. The van der Waals surface area contributed by atoms with Gasteiger partial charge in [0.15, 0.2) is 0 Å². The number of likely N-dealkylation sites (tertiary alicyclic amines) is 1. The summed E-state index contributed by atoms with van der Waals surface area (Å²) in [7, 11) is 2.98. The molecule has 1 aliphatic heterocycles. The fourth-order valence-electron chi connectivity index (χ4n) is 5.16. The number of carbonyl (C=O) groups is 1. The van der Waals surface area contributed by atoms with Crippen molar-refractivity contribution in [2.45, 2.75) is 57.1 Å². The second kappa shape index (κ2) is 11.3. The van der Waals surface area contributed by atoms with Crippen molar-refractivity contribution in [1.29, 1.82) is 0 Å².